The molecule has 0 unspecified atom stereocenters. The van der Waals surface area contributed by atoms with Gasteiger partial charge in [0.15, 0.2) is 11.5 Å². The fourth-order valence-electron chi connectivity index (χ4n) is 2.73. The number of rotatable bonds is 2. The molecule has 1 fully saturated rings. The molecule has 1 aliphatic heterocycles. The van der Waals surface area contributed by atoms with Crippen LogP contribution in [0.3, 0.4) is 0 Å². The Morgan fingerprint density at radius 3 is 2.65 bits per heavy atom. The van der Waals surface area contributed by atoms with Crippen LogP contribution in [0.4, 0.5) is 5.82 Å². The summed E-state index contributed by atoms with van der Waals surface area (Å²) in [5.74, 6) is -0.331. The zero-order valence-electron chi connectivity index (χ0n) is 11.8. The molecule has 3 heterocycles. The van der Waals surface area contributed by atoms with Crippen molar-refractivity contribution in [1.82, 2.24) is 9.38 Å². The Morgan fingerprint density at radius 1 is 1.30 bits per heavy atom. The molecule has 20 heavy (non-hydrogen) atoms. The van der Waals surface area contributed by atoms with E-state index in [-0.39, 0.29) is 5.69 Å². The maximum Gasteiger partial charge on any atom is 0.356 e. The number of piperidine rings is 1. The first-order valence-corrected chi connectivity index (χ1v) is 6.93. The van der Waals surface area contributed by atoms with E-state index in [0.717, 1.165) is 25.9 Å². The summed E-state index contributed by atoms with van der Waals surface area (Å²) in [4.78, 5) is 18.2. The van der Waals surface area contributed by atoms with Crippen LogP contribution in [0.2, 0.25) is 0 Å². The van der Waals surface area contributed by atoms with Gasteiger partial charge >= 0.3 is 5.97 Å². The lowest BCUT2D eigenvalue weighted by Crippen LogP contribution is -2.38. The lowest BCUT2D eigenvalue weighted by atomic mass is 9.83. The number of nitrogens with zero attached hydrogens (tertiary/aromatic N) is 3. The fourth-order valence-corrected chi connectivity index (χ4v) is 2.73. The Morgan fingerprint density at radius 2 is 2.00 bits per heavy atom. The highest BCUT2D eigenvalue weighted by atomic mass is 16.4. The van der Waals surface area contributed by atoms with E-state index < -0.39 is 5.97 Å². The zero-order chi connectivity index (χ0) is 14.3. The molecule has 5 nitrogen and oxygen atoms in total. The molecule has 3 rings (SSSR count). The predicted molar refractivity (Wildman–Crippen MR) is 77.4 cm³/mol. The topological polar surface area (TPSA) is 57.8 Å². The van der Waals surface area contributed by atoms with Crippen LogP contribution < -0.4 is 4.90 Å². The SMILES string of the molecule is CC1(C)CCN(c2nc3ccccn3c2C(=O)O)CC1. The molecule has 0 atom stereocenters. The van der Waals surface area contributed by atoms with Gasteiger partial charge in [0.1, 0.15) is 5.65 Å². The van der Waals surface area contributed by atoms with Crippen LogP contribution in [0.5, 0.6) is 0 Å². The number of fused-ring (bicyclic) bond motifs is 1. The highest BCUT2D eigenvalue weighted by molar-refractivity contribution is 5.93. The van der Waals surface area contributed by atoms with Crippen molar-refractivity contribution in [3.8, 4) is 0 Å². The third-order valence-electron chi connectivity index (χ3n) is 4.13. The van der Waals surface area contributed by atoms with Crippen molar-refractivity contribution in [2.75, 3.05) is 18.0 Å². The van der Waals surface area contributed by atoms with Crippen molar-refractivity contribution in [3.05, 3.63) is 30.1 Å². The standard InChI is InChI=1S/C15H19N3O2/c1-15(2)6-9-17(10-7-15)13-12(14(19)20)18-8-4-3-5-11(18)16-13/h3-5,8H,6-7,9-10H2,1-2H3,(H,19,20). The Kier molecular flexibility index (Phi) is 2.92. The average Bonchev–Trinajstić information content (AvgIpc) is 2.77. The van der Waals surface area contributed by atoms with E-state index in [1.165, 1.54) is 0 Å². The normalized spacial score (nSPS) is 18.4. The number of hydrogen-bond donors (Lipinski definition) is 1. The monoisotopic (exact) mass is 273 g/mol. The molecular formula is C15H19N3O2. The van der Waals surface area contributed by atoms with Crippen molar-refractivity contribution >= 4 is 17.4 Å². The molecule has 0 radical (unpaired) electrons. The van der Waals surface area contributed by atoms with Crippen LogP contribution in [0, 0.1) is 5.41 Å². The van der Waals surface area contributed by atoms with Crippen molar-refractivity contribution in [2.24, 2.45) is 5.41 Å². The summed E-state index contributed by atoms with van der Waals surface area (Å²) in [6, 6.07) is 5.53. The first-order chi connectivity index (χ1) is 9.48. The molecule has 2 aromatic heterocycles. The molecule has 1 saturated heterocycles. The zero-order valence-corrected chi connectivity index (χ0v) is 11.8. The minimum absolute atomic E-state index is 0.264. The fraction of sp³-hybridized carbons (Fsp3) is 0.467. The van der Waals surface area contributed by atoms with E-state index >= 15 is 0 Å². The van der Waals surface area contributed by atoms with Crippen molar-refractivity contribution in [1.29, 1.82) is 0 Å². The van der Waals surface area contributed by atoms with Crippen LogP contribution in [0.1, 0.15) is 37.2 Å². The molecule has 2 aromatic rings. The minimum atomic E-state index is -0.927. The van der Waals surface area contributed by atoms with Gasteiger partial charge in [-0.05, 0) is 30.4 Å². The number of pyridine rings is 1. The first-order valence-electron chi connectivity index (χ1n) is 6.93. The number of carboxylic acid groups (broad SMARTS) is 1. The van der Waals surface area contributed by atoms with Gasteiger partial charge < -0.3 is 10.0 Å². The molecule has 1 N–H and O–H groups in total. The minimum Gasteiger partial charge on any atom is -0.476 e. The number of anilines is 1. The summed E-state index contributed by atoms with van der Waals surface area (Å²) < 4.78 is 1.65. The average molecular weight is 273 g/mol. The van der Waals surface area contributed by atoms with Crippen LogP contribution in [-0.2, 0) is 0 Å². The maximum absolute atomic E-state index is 11.6. The van der Waals surface area contributed by atoms with Crippen LogP contribution in [0.25, 0.3) is 5.65 Å². The summed E-state index contributed by atoms with van der Waals surface area (Å²) in [5, 5.41) is 9.50. The Balaban J connectivity index is 2.03. The number of hydrogen-bond acceptors (Lipinski definition) is 3. The van der Waals surface area contributed by atoms with E-state index in [4.69, 9.17) is 0 Å². The van der Waals surface area contributed by atoms with Crippen LogP contribution in [0.15, 0.2) is 24.4 Å². The number of aromatic carboxylic acids is 1. The summed E-state index contributed by atoms with van der Waals surface area (Å²) in [6.45, 7) is 6.23. The Hall–Kier alpha value is -2.04. The molecule has 1 aliphatic rings. The van der Waals surface area contributed by atoms with Crippen molar-refractivity contribution in [2.45, 2.75) is 26.7 Å². The van der Waals surface area contributed by atoms with E-state index in [1.807, 2.05) is 18.2 Å². The number of carbonyl (C=O) groups is 1. The molecule has 5 heteroatoms. The predicted octanol–water partition coefficient (Wildman–Crippen LogP) is 2.66. The van der Waals surface area contributed by atoms with E-state index in [9.17, 15) is 9.90 Å². The van der Waals surface area contributed by atoms with E-state index in [0.29, 0.717) is 16.9 Å². The van der Waals surface area contributed by atoms with E-state index in [1.54, 1.807) is 10.6 Å². The molecule has 0 saturated carbocycles. The summed E-state index contributed by atoms with van der Waals surface area (Å²) >= 11 is 0. The van der Waals surface area contributed by atoms with Gasteiger partial charge in [0.2, 0.25) is 0 Å². The Bertz CT molecular complexity index is 650. The quantitative estimate of drug-likeness (QED) is 0.914. The highest BCUT2D eigenvalue weighted by Gasteiger charge is 2.30. The van der Waals surface area contributed by atoms with Gasteiger partial charge in [0, 0.05) is 19.3 Å². The third-order valence-corrected chi connectivity index (χ3v) is 4.13. The first kappa shape index (κ1) is 13.0. The molecule has 0 amide bonds. The molecule has 106 valence electrons. The maximum atomic E-state index is 11.6. The second-order valence-electron chi connectivity index (χ2n) is 6.17. The van der Waals surface area contributed by atoms with Crippen molar-refractivity contribution in [3.63, 3.8) is 0 Å². The van der Waals surface area contributed by atoms with Gasteiger partial charge in [0.25, 0.3) is 0 Å². The largest absolute Gasteiger partial charge is 0.476 e. The molecule has 0 spiro atoms. The van der Waals surface area contributed by atoms with Gasteiger partial charge in [-0.1, -0.05) is 19.9 Å². The van der Waals surface area contributed by atoms with Gasteiger partial charge in [-0.2, -0.15) is 0 Å². The lowest BCUT2D eigenvalue weighted by molar-refractivity contribution is 0.0690. The van der Waals surface area contributed by atoms with Crippen LogP contribution in [-0.4, -0.2) is 33.6 Å². The highest BCUT2D eigenvalue weighted by Crippen LogP contribution is 2.33. The number of imidazole rings is 1. The second kappa shape index (κ2) is 4.51. The number of carboxylic acids is 1. The molecule has 0 aromatic carbocycles. The van der Waals surface area contributed by atoms with Crippen LogP contribution >= 0.6 is 0 Å². The Labute approximate surface area is 117 Å². The smallest absolute Gasteiger partial charge is 0.356 e. The van der Waals surface area contributed by atoms with Gasteiger partial charge in [-0.15, -0.1) is 0 Å². The lowest BCUT2D eigenvalue weighted by Gasteiger charge is -2.37. The van der Waals surface area contributed by atoms with Gasteiger partial charge in [0.05, 0.1) is 0 Å². The van der Waals surface area contributed by atoms with Gasteiger partial charge in [-0.25, -0.2) is 9.78 Å². The molecular weight excluding hydrogens is 254 g/mol. The molecule has 0 aliphatic carbocycles. The third kappa shape index (κ3) is 2.13. The molecule has 0 bridgehead atoms. The number of aromatic nitrogens is 2. The van der Waals surface area contributed by atoms with E-state index in [2.05, 4.69) is 23.7 Å². The summed E-state index contributed by atoms with van der Waals surface area (Å²) in [7, 11) is 0. The van der Waals surface area contributed by atoms with Gasteiger partial charge in [-0.3, -0.25) is 4.40 Å². The second-order valence-corrected chi connectivity index (χ2v) is 6.17. The summed E-state index contributed by atoms with van der Waals surface area (Å²) in [6.07, 6.45) is 3.86. The van der Waals surface area contributed by atoms with Crippen molar-refractivity contribution < 1.29 is 9.90 Å². The summed E-state index contributed by atoms with van der Waals surface area (Å²) in [5.41, 5.74) is 1.28.